The molecule has 1 heterocycles. The number of nitrogens with one attached hydrogen (secondary N) is 1. The van der Waals surface area contributed by atoms with Crippen LogP contribution in [-0.4, -0.2) is 49.1 Å². The lowest BCUT2D eigenvalue weighted by atomic mass is 10.4. The number of rotatable bonds is 8. The second kappa shape index (κ2) is 8.05. The van der Waals surface area contributed by atoms with E-state index < -0.39 is 0 Å². The van der Waals surface area contributed by atoms with E-state index in [1.807, 2.05) is 0 Å². The molecule has 1 aromatic rings. The molecule has 0 bridgehead atoms. The van der Waals surface area contributed by atoms with Crippen LogP contribution in [0.15, 0.2) is 5.38 Å². The molecule has 1 N–H and O–H groups in total. The molecular formula is C12H21N3O2S. The van der Waals surface area contributed by atoms with Crippen molar-refractivity contribution in [2.75, 3.05) is 38.6 Å². The molecule has 0 amide bonds. The Morgan fingerprint density at radius 1 is 1.50 bits per heavy atom. The molecule has 0 aliphatic carbocycles. The normalized spacial score (nSPS) is 10.7. The summed E-state index contributed by atoms with van der Waals surface area (Å²) in [6.45, 7) is 8.33. The number of likely N-dealkylation sites (N-methyl/N-ethyl adjacent to an activating group) is 1. The van der Waals surface area contributed by atoms with E-state index in [0.29, 0.717) is 5.69 Å². The van der Waals surface area contributed by atoms with Crippen LogP contribution in [0, 0.1) is 0 Å². The fraction of sp³-hybridized carbons (Fsp3) is 0.667. The van der Waals surface area contributed by atoms with Crippen molar-refractivity contribution in [2.24, 2.45) is 0 Å². The number of esters is 1. The smallest absolute Gasteiger partial charge is 0.357 e. The van der Waals surface area contributed by atoms with Gasteiger partial charge in [0.05, 0.1) is 7.11 Å². The third-order valence-corrected chi connectivity index (χ3v) is 3.39. The Morgan fingerprint density at radius 3 is 2.89 bits per heavy atom. The highest BCUT2D eigenvalue weighted by molar-refractivity contribution is 7.13. The van der Waals surface area contributed by atoms with Crippen molar-refractivity contribution >= 4 is 22.4 Å². The number of anilines is 1. The Kier molecular flexibility index (Phi) is 6.67. The first-order valence-corrected chi connectivity index (χ1v) is 7.09. The maximum atomic E-state index is 11.2. The second-order valence-electron chi connectivity index (χ2n) is 3.89. The number of carbonyl (C=O) groups is 1. The van der Waals surface area contributed by atoms with Gasteiger partial charge < -0.3 is 15.0 Å². The highest BCUT2D eigenvalue weighted by Gasteiger charge is 2.10. The van der Waals surface area contributed by atoms with Gasteiger partial charge >= 0.3 is 5.97 Å². The van der Waals surface area contributed by atoms with Gasteiger partial charge in [-0.3, -0.25) is 0 Å². The first-order chi connectivity index (χ1) is 8.71. The van der Waals surface area contributed by atoms with Gasteiger partial charge in [0, 0.05) is 18.5 Å². The molecular weight excluding hydrogens is 250 g/mol. The van der Waals surface area contributed by atoms with Gasteiger partial charge in [0.1, 0.15) is 0 Å². The molecule has 0 spiro atoms. The molecule has 102 valence electrons. The van der Waals surface area contributed by atoms with E-state index in [2.05, 4.69) is 33.8 Å². The SMILES string of the molecule is CCCN(CC)CCNc1nc(C(=O)OC)cs1. The van der Waals surface area contributed by atoms with Crippen LogP contribution in [0.25, 0.3) is 0 Å². The Hall–Kier alpha value is -1.14. The number of nitrogens with zero attached hydrogens (tertiary/aromatic N) is 2. The summed E-state index contributed by atoms with van der Waals surface area (Å²) in [6, 6.07) is 0. The number of aromatic nitrogens is 1. The minimum atomic E-state index is -0.388. The summed E-state index contributed by atoms with van der Waals surface area (Å²) in [6.07, 6.45) is 1.16. The Labute approximate surface area is 112 Å². The molecule has 1 rings (SSSR count). The largest absolute Gasteiger partial charge is 0.464 e. The quantitative estimate of drug-likeness (QED) is 0.734. The second-order valence-corrected chi connectivity index (χ2v) is 4.75. The lowest BCUT2D eigenvalue weighted by Gasteiger charge is -2.19. The minimum absolute atomic E-state index is 0.367. The van der Waals surface area contributed by atoms with Crippen molar-refractivity contribution in [2.45, 2.75) is 20.3 Å². The predicted molar refractivity (Wildman–Crippen MR) is 74.3 cm³/mol. The van der Waals surface area contributed by atoms with Crippen molar-refractivity contribution in [1.29, 1.82) is 0 Å². The van der Waals surface area contributed by atoms with Crippen molar-refractivity contribution < 1.29 is 9.53 Å². The summed E-state index contributed by atoms with van der Waals surface area (Å²) in [5.74, 6) is -0.388. The van der Waals surface area contributed by atoms with Crippen LogP contribution < -0.4 is 5.32 Å². The van der Waals surface area contributed by atoms with Gasteiger partial charge in [-0.15, -0.1) is 11.3 Å². The third kappa shape index (κ3) is 4.62. The molecule has 0 aliphatic heterocycles. The summed E-state index contributed by atoms with van der Waals surface area (Å²) in [7, 11) is 1.36. The Bertz CT molecular complexity index is 368. The van der Waals surface area contributed by atoms with Crippen molar-refractivity contribution in [3.8, 4) is 0 Å². The molecule has 0 radical (unpaired) electrons. The van der Waals surface area contributed by atoms with Gasteiger partial charge in [-0.25, -0.2) is 9.78 Å². The first-order valence-electron chi connectivity index (χ1n) is 6.21. The number of hydrogen-bond donors (Lipinski definition) is 1. The van der Waals surface area contributed by atoms with E-state index in [-0.39, 0.29) is 5.97 Å². The molecule has 0 saturated heterocycles. The van der Waals surface area contributed by atoms with Gasteiger partial charge in [-0.2, -0.15) is 0 Å². The fourth-order valence-corrected chi connectivity index (χ4v) is 2.33. The molecule has 0 aliphatic rings. The first kappa shape index (κ1) is 14.9. The molecule has 0 aromatic carbocycles. The molecule has 6 heteroatoms. The summed E-state index contributed by atoms with van der Waals surface area (Å²) in [5.41, 5.74) is 0.367. The van der Waals surface area contributed by atoms with Crippen LogP contribution in [0.5, 0.6) is 0 Å². The monoisotopic (exact) mass is 271 g/mol. The molecule has 1 aromatic heterocycles. The summed E-state index contributed by atoms with van der Waals surface area (Å²) in [5, 5.41) is 5.70. The maximum Gasteiger partial charge on any atom is 0.357 e. The van der Waals surface area contributed by atoms with Crippen LogP contribution in [-0.2, 0) is 4.74 Å². The average molecular weight is 271 g/mol. The van der Waals surface area contributed by atoms with Gasteiger partial charge in [-0.1, -0.05) is 13.8 Å². The van der Waals surface area contributed by atoms with Crippen LogP contribution in [0.1, 0.15) is 30.8 Å². The van der Waals surface area contributed by atoms with E-state index in [9.17, 15) is 4.79 Å². The number of hydrogen-bond acceptors (Lipinski definition) is 6. The average Bonchev–Trinajstić information content (AvgIpc) is 2.85. The van der Waals surface area contributed by atoms with Crippen molar-refractivity contribution in [3.63, 3.8) is 0 Å². The van der Waals surface area contributed by atoms with E-state index >= 15 is 0 Å². The molecule has 0 unspecified atom stereocenters. The van der Waals surface area contributed by atoms with Gasteiger partial charge in [-0.05, 0) is 19.5 Å². The standard InChI is InChI=1S/C12H21N3O2S/c1-4-7-15(5-2)8-6-13-12-14-10(9-18-12)11(16)17-3/h9H,4-8H2,1-3H3,(H,13,14). The van der Waals surface area contributed by atoms with E-state index in [4.69, 9.17) is 0 Å². The van der Waals surface area contributed by atoms with Crippen LogP contribution in [0.4, 0.5) is 5.13 Å². The lowest BCUT2D eigenvalue weighted by Crippen LogP contribution is -2.29. The number of carbonyl (C=O) groups excluding carboxylic acids is 1. The highest BCUT2D eigenvalue weighted by atomic mass is 32.1. The Morgan fingerprint density at radius 2 is 2.28 bits per heavy atom. The lowest BCUT2D eigenvalue weighted by molar-refractivity contribution is 0.0595. The molecule has 0 fully saturated rings. The van der Waals surface area contributed by atoms with E-state index in [0.717, 1.165) is 37.7 Å². The maximum absolute atomic E-state index is 11.2. The zero-order chi connectivity index (χ0) is 13.4. The van der Waals surface area contributed by atoms with Crippen molar-refractivity contribution in [1.82, 2.24) is 9.88 Å². The van der Waals surface area contributed by atoms with Crippen LogP contribution in [0.2, 0.25) is 0 Å². The van der Waals surface area contributed by atoms with Gasteiger partial charge in [0.2, 0.25) is 0 Å². The molecule has 5 nitrogen and oxygen atoms in total. The number of ether oxygens (including phenoxy) is 1. The number of methoxy groups -OCH3 is 1. The molecule has 18 heavy (non-hydrogen) atoms. The van der Waals surface area contributed by atoms with Gasteiger partial charge in [0.15, 0.2) is 10.8 Å². The molecule has 0 saturated carbocycles. The van der Waals surface area contributed by atoms with E-state index in [1.54, 1.807) is 5.38 Å². The van der Waals surface area contributed by atoms with Crippen LogP contribution in [0.3, 0.4) is 0 Å². The number of thiazole rings is 1. The highest BCUT2D eigenvalue weighted by Crippen LogP contribution is 2.15. The Balaban J connectivity index is 2.35. The third-order valence-electron chi connectivity index (χ3n) is 2.59. The summed E-state index contributed by atoms with van der Waals surface area (Å²) < 4.78 is 4.61. The summed E-state index contributed by atoms with van der Waals surface area (Å²) in [4.78, 5) is 17.8. The zero-order valence-corrected chi connectivity index (χ0v) is 12.0. The zero-order valence-electron chi connectivity index (χ0n) is 11.2. The molecule has 0 atom stereocenters. The fourth-order valence-electron chi connectivity index (χ4n) is 1.62. The topological polar surface area (TPSA) is 54.5 Å². The predicted octanol–water partition coefficient (Wildman–Crippen LogP) is 2.07. The van der Waals surface area contributed by atoms with Gasteiger partial charge in [0.25, 0.3) is 0 Å². The minimum Gasteiger partial charge on any atom is -0.464 e. The summed E-state index contributed by atoms with van der Waals surface area (Å²) >= 11 is 1.42. The van der Waals surface area contributed by atoms with E-state index in [1.165, 1.54) is 18.4 Å². The van der Waals surface area contributed by atoms with Crippen molar-refractivity contribution in [3.05, 3.63) is 11.1 Å². The van der Waals surface area contributed by atoms with Crippen LogP contribution >= 0.6 is 11.3 Å².